The quantitative estimate of drug-likeness (QED) is 0.757. The summed E-state index contributed by atoms with van der Waals surface area (Å²) in [5.41, 5.74) is 1.49. The van der Waals surface area contributed by atoms with Crippen molar-refractivity contribution in [2.45, 2.75) is 26.7 Å². The van der Waals surface area contributed by atoms with Crippen LogP contribution in [0, 0.1) is 5.92 Å². The molecule has 0 bridgehead atoms. The van der Waals surface area contributed by atoms with Gasteiger partial charge in [-0.3, -0.25) is 0 Å². The second-order valence-electron chi connectivity index (χ2n) is 4.11. The maximum atomic E-state index is 3.42. The van der Waals surface area contributed by atoms with Crippen LogP contribution in [0.1, 0.15) is 26.7 Å². The van der Waals surface area contributed by atoms with Crippen molar-refractivity contribution in [2.75, 3.05) is 13.1 Å². The summed E-state index contributed by atoms with van der Waals surface area (Å²) >= 11 is 0. The van der Waals surface area contributed by atoms with Crippen molar-refractivity contribution in [3.05, 3.63) is 35.8 Å². The van der Waals surface area contributed by atoms with Gasteiger partial charge < -0.3 is 10.2 Å². The number of hydrogen-bond acceptors (Lipinski definition) is 2. The van der Waals surface area contributed by atoms with Crippen LogP contribution in [-0.2, 0) is 0 Å². The predicted octanol–water partition coefficient (Wildman–Crippen LogP) is 2.62. The van der Waals surface area contributed by atoms with Gasteiger partial charge in [0.2, 0.25) is 0 Å². The molecule has 15 heavy (non-hydrogen) atoms. The molecule has 0 aromatic carbocycles. The van der Waals surface area contributed by atoms with Crippen molar-refractivity contribution in [1.82, 2.24) is 10.2 Å². The van der Waals surface area contributed by atoms with E-state index in [0.29, 0.717) is 0 Å². The van der Waals surface area contributed by atoms with E-state index in [4.69, 9.17) is 0 Å². The molecule has 1 aliphatic heterocycles. The van der Waals surface area contributed by atoms with Crippen molar-refractivity contribution in [2.24, 2.45) is 5.92 Å². The van der Waals surface area contributed by atoms with Gasteiger partial charge in [0.1, 0.15) is 5.82 Å². The summed E-state index contributed by atoms with van der Waals surface area (Å²) in [5, 5.41) is 3.42. The first kappa shape index (κ1) is 10.3. The molecule has 0 aromatic rings. The minimum Gasteiger partial charge on any atom is -0.359 e. The van der Waals surface area contributed by atoms with Crippen LogP contribution in [0.4, 0.5) is 0 Å². The van der Waals surface area contributed by atoms with Gasteiger partial charge in [-0.1, -0.05) is 12.2 Å². The van der Waals surface area contributed by atoms with Crippen LogP contribution in [0.2, 0.25) is 0 Å². The van der Waals surface area contributed by atoms with E-state index < -0.39 is 0 Å². The summed E-state index contributed by atoms with van der Waals surface area (Å²) < 4.78 is 0. The van der Waals surface area contributed by atoms with Gasteiger partial charge in [-0.25, -0.2) is 0 Å². The van der Waals surface area contributed by atoms with Crippen LogP contribution in [0.3, 0.4) is 0 Å². The molecule has 2 aliphatic rings. The Labute approximate surface area is 92.3 Å². The Morgan fingerprint density at radius 2 is 2.00 bits per heavy atom. The molecule has 1 saturated carbocycles. The van der Waals surface area contributed by atoms with E-state index in [9.17, 15) is 0 Å². The summed E-state index contributed by atoms with van der Waals surface area (Å²) in [7, 11) is 0. The molecular weight excluding hydrogens is 184 g/mol. The van der Waals surface area contributed by atoms with Gasteiger partial charge in [0.25, 0.3) is 0 Å². The molecule has 0 unspecified atom stereocenters. The Morgan fingerprint density at radius 1 is 1.27 bits per heavy atom. The number of rotatable bonds is 4. The van der Waals surface area contributed by atoms with Crippen LogP contribution in [0.25, 0.3) is 0 Å². The van der Waals surface area contributed by atoms with Gasteiger partial charge in [-0.05, 0) is 44.3 Å². The smallest absolute Gasteiger partial charge is 0.109 e. The van der Waals surface area contributed by atoms with Crippen molar-refractivity contribution in [3.8, 4) is 0 Å². The standard InChI is InChI=1S/C13H20N2/c1-3-15(4-2)13-12(11-8-9-11)7-5-6-10-14-13/h5-7,10-11,14H,3-4,8-9H2,1-2H3. The van der Waals surface area contributed by atoms with Crippen molar-refractivity contribution >= 4 is 0 Å². The van der Waals surface area contributed by atoms with Gasteiger partial charge in [-0.15, -0.1) is 0 Å². The zero-order valence-electron chi connectivity index (χ0n) is 9.66. The molecule has 82 valence electrons. The van der Waals surface area contributed by atoms with Crippen LogP contribution in [0.15, 0.2) is 35.8 Å². The van der Waals surface area contributed by atoms with E-state index in [-0.39, 0.29) is 0 Å². The Kier molecular flexibility index (Phi) is 3.14. The Morgan fingerprint density at radius 3 is 2.60 bits per heavy atom. The zero-order chi connectivity index (χ0) is 10.7. The molecule has 2 nitrogen and oxygen atoms in total. The molecule has 0 radical (unpaired) electrons. The molecular formula is C13H20N2. The minimum atomic E-state index is 0.796. The molecule has 2 rings (SSSR count). The molecule has 1 fully saturated rings. The van der Waals surface area contributed by atoms with Crippen LogP contribution < -0.4 is 5.32 Å². The predicted molar refractivity (Wildman–Crippen MR) is 64.1 cm³/mol. The van der Waals surface area contributed by atoms with Gasteiger partial charge in [0.05, 0.1) is 0 Å². The average Bonchev–Trinajstić information content (AvgIpc) is 3.05. The van der Waals surface area contributed by atoms with Crippen LogP contribution in [0.5, 0.6) is 0 Å². The molecule has 1 aliphatic carbocycles. The third kappa shape index (κ3) is 2.25. The largest absolute Gasteiger partial charge is 0.359 e. The Balaban J connectivity index is 2.27. The summed E-state index contributed by atoms with van der Waals surface area (Å²) in [4.78, 5) is 2.40. The SMILES string of the molecule is CCN(CC)C1=C(C2CC2)C=CC=CN1. The first-order chi connectivity index (χ1) is 7.36. The molecule has 0 saturated heterocycles. The van der Waals surface area contributed by atoms with Crippen molar-refractivity contribution < 1.29 is 0 Å². The summed E-state index contributed by atoms with van der Waals surface area (Å²) in [6, 6.07) is 0. The number of allylic oxidation sites excluding steroid dienone is 4. The fraction of sp³-hybridized carbons (Fsp3) is 0.538. The molecule has 1 heterocycles. The van der Waals surface area contributed by atoms with Gasteiger partial charge in [-0.2, -0.15) is 0 Å². The molecule has 2 heteroatoms. The van der Waals surface area contributed by atoms with E-state index in [0.717, 1.165) is 19.0 Å². The lowest BCUT2D eigenvalue weighted by Crippen LogP contribution is -2.30. The third-order valence-corrected chi connectivity index (χ3v) is 3.07. The lowest BCUT2D eigenvalue weighted by atomic mass is 10.1. The average molecular weight is 204 g/mol. The van der Waals surface area contributed by atoms with Gasteiger partial charge in [0, 0.05) is 19.3 Å². The zero-order valence-corrected chi connectivity index (χ0v) is 9.66. The fourth-order valence-electron chi connectivity index (χ4n) is 2.04. The number of nitrogens with zero attached hydrogens (tertiary/aromatic N) is 1. The summed E-state index contributed by atoms with van der Waals surface area (Å²) in [6.07, 6.45) is 11.2. The van der Waals surface area contributed by atoms with E-state index in [2.05, 4.69) is 42.3 Å². The number of nitrogens with one attached hydrogen (secondary N) is 1. The highest BCUT2D eigenvalue weighted by molar-refractivity contribution is 5.34. The van der Waals surface area contributed by atoms with Gasteiger partial charge >= 0.3 is 0 Å². The monoisotopic (exact) mass is 204 g/mol. The highest BCUT2D eigenvalue weighted by Crippen LogP contribution is 2.39. The number of hydrogen-bond donors (Lipinski definition) is 1. The Bertz CT molecular complexity index is 304. The van der Waals surface area contributed by atoms with E-state index in [1.54, 1.807) is 0 Å². The normalized spacial score (nSPS) is 20.1. The van der Waals surface area contributed by atoms with Crippen molar-refractivity contribution in [1.29, 1.82) is 0 Å². The fourth-order valence-corrected chi connectivity index (χ4v) is 2.04. The molecule has 0 amide bonds. The Hall–Kier alpha value is -1.18. The molecule has 0 spiro atoms. The second kappa shape index (κ2) is 4.56. The van der Waals surface area contributed by atoms with E-state index >= 15 is 0 Å². The molecule has 1 N–H and O–H groups in total. The summed E-state index contributed by atoms with van der Waals surface area (Å²) in [6.45, 7) is 6.55. The second-order valence-corrected chi connectivity index (χ2v) is 4.11. The van der Waals surface area contributed by atoms with Crippen LogP contribution in [-0.4, -0.2) is 18.0 Å². The summed E-state index contributed by atoms with van der Waals surface area (Å²) in [5.74, 6) is 2.11. The first-order valence-electron chi connectivity index (χ1n) is 5.95. The van der Waals surface area contributed by atoms with Gasteiger partial charge in [0.15, 0.2) is 0 Å². The highest BCUT2D eigenvalue weighted by atomic mass is 15.2. The third-order valence-electron chi connectivity index (χ3n) is 3.07. The van der Waals surface area contributed by atoms with E-state index in [1.165, 1.54) is 24.2 Å². The lowest BCUT2D eigenvalue weighted by molar-refractivity contribution is 0.359. The minimum absolute atomic E-state index is 0.796. The maximum Gasteiger partial charge on any atom is 0.109 e. The van der Waals surface area contributed by atoms with E-state index in [1.807, 2.05) is 6.20 Å². The lowest BCUT2D eigenvalue weighted by Gasteiger charge is -2.26. The molecule has 0 atom stereocenters. The maximum absolute atomic E-state index is 3.42. The molecule has 0 aromatic heterocycles. The highest BCUT2D eigenvalue weighted by Gasteiger charge is 2.28. The van der Waals surface area contributed by atoms with Crippen molar-refractivity contribution in [3.63, 3.8) is 0 Å². The van der Waals surface area contributed by atoms with Crippen LogP contribution >= 0.6 is 0 Å². The first-order valence-corrected chi connectivity index (χ1v) is 5.95. The topological polar surface area (TPSA) is 15.3 Å².